The average molecular weight is 450 g/mol. The zero-order valence-corrected chi connectivity index (χ0v) is 17.1. The van der Waals surface area contributed by atoms with Gasteiger partial charge in [0.2, 0.25) is 0 Å². The number of hydrogen-bond acceptors (Lipinski definition) is 2. The lowest BCUT2D eigenvalue weighted by atomic mass is 9.96. The van der Waals surface area contributed by atoms with Crippen molar-refractivity contribution < 1.29 is 0 Å². The first-order chi connectivity index (χ1) is 11.8. The third-order valence-electron chi connectivity index (χ3n) is 4.48. The second-order valence-electron chi connectivity index (χ2n) is 6.53. The fraction of sp³-hybridized carbons (Fsp3) is 0.400. The number of nitrogens with zero attached hydrogens (tertiary/aromatic N) is 2. The number of nitrogens with one attached hydrogen (secondary N) is 2. The molecule has 1 aromatic carbocycles. The molecule has 0 radical (unpaired) electrons. The van der Waals surface area contributed by atoms with Crippen LogP contribution in [0.4, 0.5) is 0 Å². The molecule has 0 atom stereocenters. The van der Waals surface area contributed by atoms with Crippen molar-refractivity contribution in [1.29, 1.82) is 0 Å². The highest BCUT2D eigenvalue weighted by atomic mass is 127. The Morgan fingerprint density at radius 3 is 2.48 bits per heavy atom. The van der Waals surface area contributed by atoms with Crippen molar-refractivity contribution in [2.45, 2.75) is 32.7 Å². The van der Waals surface area contributed by atoms with Crippen LogP contribution in [0.15, 0.2) is 59.7 Å². The van der Waals surface area contributed by atoms with E-state index in [1.54, 1.807) is 0 Å². The molecule has 1 aliphatic carbocycles. The van der Waals surface area contributed by atoms with Gasteiger partial charge in [-0.15, -0.1) is 24.0 Å². The van der Waals surface area contributed by atoms with Gasteiger partial charge in [0.05, 0.1) is 12.2 Å². The molecule has 0 spiro atoms. The van der Waals surface area contributed by atoms with Crippen LogP contribution in [0, 0.1) is 5.41 Å². The summed E-state index contributed by atoms with van der Waals surface area (Å²) in [5.41, 5.74) is 2.80. The fourth-order valence-electron chi connectivity index (χ4n) is 2.89. The molecule has 3 rings (SSSR count). The van der Waals surface area contributed by atoms with E-state index in [1.165, 1.54) is 18.4 Å². The summed E-state index contributed by atoms with van der Waals surface area (Å²) in [6.07, 6.45) is 5.52. The molecule has 1 aromatic heterocycles. The largest absolute Gasteiger partial charge is 0.357 e. The molecule has 5 heteroatoms. The van der Waals surface area contributed by atoms with Crippen molar-refractivity contribution >= 4 is 29.9 Å². The lowest BCUT2D eigenvalue weighted by Gasteiger charge is -2.18. The van der Waals surface area contributed by atoms with Crippen LogP contribution in [0.5, 0.6) is 0 Å². The number of guanidine groups is 1. The van der Waals surface area contributed by atoms with E-state index in [0.717, 1.165) is 31.2 Å². The molecule has 2 N–H and O–H groups in total. The third-order valence-corrected chi connectivity index (χ3v) is 4.48. The van der Waals surface area contributed by atoms with Crippen LogP contribution in [0.3, 0.4) is 0 Å². The Bertz CT molecular complexity index is 654. The summed E-state index contributed by atoms with van der Waals surface area (Å²) in [4.78, 5) is 8.98. The highest BCUT2D eigenvalue weighted by Crippen LogP contribution is 2.47. The highest BCUT2D eigenvalue weighted by Gasteiger charge is 2.42. The number of benzene rings is 1. The van der Waals surface area contributed by atoms with Crippen LogP contribution in [0.25, 0.3) is 0 Å². The van der Waals surface area contributed by atoms with Gasteiger partial charge in [0.15, 0.2) is 5.96 Å². The molecular formula is C20H27IN4. The minimum absolute atomic E-state index is 0. The van der Waals surface area contributed by atoms with Gasteiger partial charge in [0.1, 0.15) is 0 Å². The Kier molecular flexibility index (Phi) is 7.68. The third kappa shape index (κ3) is 6.30. The summed E-state index contributed by atoms with van der Waals surface area (Å²) in [7, 11) is 0. The van der Waals surface area contributed by atoms with Crippen molar-refractivity contribution in [2.75, 3.05) is 13.1 Å². The predicted octanol–water partition coefficient (Wildman–Crippen LogP) is 3.78. The summed E-state index contributed by atoms with van der Waals surface area (Å²) < 4.78 is 0. The molecule has 0 unspecified atom stereocenters. The first-order valence-corrected chi connectivity index (χ1v) is 8.76. The summed E-state index contributed by atoms with van der Waals surface area (Å²) in [6, 6.07) is 16.7. The second-order valence-corrected chi connectivity index (χ2v) is 6.53. The molecular weight excluding hydrogens is 423 g/mol. The normalized spacial score (nSPS) is 15.2. The molecule has 0 saturated heterocycles. The molecule has 4 nitrogen and oxygen atoms in total. The van der Waals surface area contributed by atoms with Crippen molar-refractivity contribution in [2.24, 2.45) is 10.4 Å². The van der Waals surface area contributed by atoms with Crippen molar-refractivity contribution in [3.8, 4) is 0 Å². The summed E-state index contributed by atoms with van der Waals surface area (Å²) >= 11 is 0. The van der Waals surface area contributed by atoms with E-state index in [4.69, 9.17) is 0 Å². The van der Waals surface area contributed by atoms with Gasteiger partial charge in [0.25, 0.3) is 0 Å². The predicted molar refractivity (Wildman–Crippen MR) is 114 cm³/mol. The number of hydrogen-bond donors (Lipinski definition) is 2. The van der Waals surface area contributed by atoms with Crippen LogP contribution in [-0.2, 0) is 13.0 Å². The zero-order valence-electron chi connectivity index (χ0n) is 14.7. The maximum atomic E-state index is 4.65. The van der Waals surface area contributed by atoms with E-state index < -0.39 is 0 Å². The molecule has 134 valence electrons. The molecule has 0 bridgehead atoms. The lowest BCUT2D eigenvalue weighted by molar-refractivity contribution is 0.492. The molecule has 0 aliphatic heterocycles. The average Bonchev–Trinajstić information content (AvgIpc) is 3.39. The van der Waals surface area contributed by atoms with Gasteiger partial charge in [-0.05, 0) is 49.3 Å². The summed E-state index contributed by atoms with van der Waals surface area (Å²) in [5.74, 6) is 0.877. The smallest absolute Gasteiger partial charge is 0.191 e. The Labute approximate surface area is 167 Å². The van der Waals surface area contributed by atoms with Crippen molar-refractivity contribution in [3.63, 3.8) is 0 Å². The van der Waals surface area contributed by atoms with Gasteiger partial charge in [-0.1, -0.05) is 36.4 Å². The second kappa shape index (κ2) is 9.75. The van der Waals surface area contributed by atoms with Gasteiger partial charge in [-0.25, -0.2) is 4.99 Å². The minimum Gasteiger partial charge on any atom is -0.357 e. The number of rotatable bonds is 7. The Morgan fingerprint density at radius 1 is 1.08 bits per heavy atom. The number of aliphatic imine (C=N–C) groups is 1. The van der Waals surface area contributed by atoms with Crippen LogP contribution >= 0.6 is 24.0 Å². The van der Waals surface area contributed by atoms with Crippen molar-refractivity contribution in [1.82, 2.24) is 15.6 Å². The van der Waals surface area contributed by atoms with Crippen molar-refractivity contribution in [3.05, 3.63) is 66.0 Å². The summed E-state index contributed by atoms with van der Waals surface area (Å²) in [6.45, 7) is 4.52. The van der Waals surface area contributed by atoms with Gasteiger partial charge < -0.3 is 10.6 Å². The van der Waals surface area contributed by atoms with Crippen LogP contribution < -0.4 is 10.6 Å². The van der Waals surface area contributed by atoms with Crippen LogP contribution in [0.1, 0.15) is 31.0 Å². The molecule has 2 aromatic rings. The van der Waals surface area contributed by atoms with E-state index in [1.807, 2.05) is 24.4 Å². The highest BCUT2D eigenvalue weighted by molar-refractivity contribution is 14.0. The first kappa shape index (κ1) is 19.7. The van der Waals surface area contributed by atoms with E-state index in [-0.39, 0.29) is 24.0 Å². The lowest BCUT2D eigenvalue weighted by Crippen LogP contribution is -2.40. The molecule has 1 saturated carbocycles. The maximum Gasteiger partial charge on any atom is 0.191 e. The molecule has 1 fully saturated rings. The fourth-order valence-corrected chi connectivity index (χ4v) is 2.89. The molecule has 0 amide bonds. The first-order valence-electron chi connectivity index (χ1n) is 8.76. The SMILES string of the molecule is CCNC(=NCc1ccccn1)NCC1(Cc2ccccc2)CC1.I. The van der Waals surface area contributed by atoms with E-state index in [9.17, 15) is 0 Å². The number of halogens is 1. The quantitative estimate of drug-likeness (QED) is 0.384. The molecule has 1 aliphatic rings. The number of aromatic nitrogens is 1. The Morgan fingerprint density at radius 2 is 1.84 bits per heavy atom. The van der Waals surface area contributed by atoms with Gasteiger partial charge in [0, 0.05) is 19.3 Å². The molecule has 25 heavy (non-hydrogen) atoms. The van der Waals surface area contributed by atoms with Crippen LogP contribution in [-0.4, -0.2) is 24.0 Å². The Balaban J connectivity index is 0.00000225. The van der Waals surface area contributed by atoms with Gasteiger partial charge in [-0.3, -0.25) is 4.98 Å². The van der Waals surface area contributed by atoms with E-state index in [0.29, 0.717) is 12.0 Å². The van der Waals surface area contributed by atoms with E-state index >= 15 is 0 Å². The Hall–Kier alpha value is -1.63. The van der Waals surface area contributed by atoms with Gasteiger partial charge in [-0.2, -0.15) is 0 Å². The molecule has 1 heterocycles. The topological polar surface area (TPSA) is 49.3 Å². The standard InChI is InChI=1S/C20H26N4.HI/c1-2-21-19(23-15-18-10-6-7-13-22-18)24-16-20(11-12-20)14-17-8-4-3-5-9-17;/h3-10,13H,2,11-12,14-16H2,1H3,(H2,21,23,24);1H. The van der Waals surface area contributed by atoms with E-state index in [2.05, 4.69) is 57.9 Å². The monoisotopic (exact) mass is 450 g/mol. The number of pyridine rings is 1. The van der Waals surface area contributed by atoms with Crippen LogP contribution in [0.2, 0.25) is 0 Å². The van der Waals surface area contributed by atoms with Gasteiger partial charge >= 0.3 is 0 Å². The maximum absolute atomic E-state index is 4.65. The summed E-state index contributed by atoms with van der Waals surface area (Å²) in [5, 5.41) is 6.85. The minimum atomic E-state index is 0. The zero-order chi connectivity index (χ0) is 16.7.